The second-order valence-corrected chi connectivity index (χ2v) is 4.99. The molecule has 1 N–H and O–H groups in total. The summed E-state index contributed by atoms with van der Waals surface area (Å²) in [6.07, 6.45) is 3.85. The molecule has 0 radical (unpaired) electrons. The standard InChI is InChI=1S/C17H19N3O/c1-3-21-17-10-13(2)7-8-15(17)18-11-14-12-19-20-9-5-4-6-16(14)20/h4-10,12,18H,3,11H2,1-2H3. The number of anilines is 1. The molecule has 0 saturated heterocycles. The van der Waals surface area contributed by atoms with Gasteiger partial charge in [0.25, 0.3) is 0 Å². The first-order valence-electron chi connectivity index (χ1n) is 7.16. The van der Waals surface area contributed by atoms with E-state index < -0.39 is 0 Å². The van der Waals surface area contributed by atoms with Crippen molar-refractivity contribution in [1.29, 1.82) is 0 Å². The number of hydrogen-bond donors (Lipinski definition) is 1. The summed E-state index contributed by atoms with van der Waals surface area (Å²) < 4.78 is 7.58. The van der Waals surface area contributed by atoms with Gasteiger partial charge in [-0.25, -0.2) is 4.52 Å². The molecule has 0 aliphatic heterocycles. The second kappa shape index (κ2) is 5.87. The molecule has 3 rings (SSSR count). The Kier molecular flexibility index (Phi) is 3.77. The maximum absolute atomic E-state index is 5.69. The maximum atomic E-state index is 5.69. The fourth-order valence-corrected chi connectivity index (χ4v) is 2.36. The van der Waals surface area contributed by atoms with Crippen molar-refractivity contribution in [2.75, 3.05) is 11.9 Å². The van der Waals surface area contributed by atoms with Crippen molar-refractivity contribution in [3.05, 3.63) is 59.9 Å². The Labute approximate surface area is 124 Å². The van der Waals surface area contributed by atoms with Crippen molar-refractivity contribution in [2.45, 2.75) is 20.4 Å². The predicted octanol–water partition coefficient (Wildman–Crippen LogP) is 3.65. The smallest absolute Gasteiger partial charge is 0.142 e. The van der Waals surface area contributed by atoms with Crippen LogP contribution in [0.4, 0.5) is 5.69 Å². The van der Waals surface area contributed by atoms with Crippen LogP contribution in [0.2, 0.25) is 0 Å². The number of fused-ring (bicyclic) bond motifs is 1. The molecule has 2 aromatic heterocycles. The molecule has 0 fully saturated rings. The number of aryl methyl sites for hydroxylation is 1. The first kappa shape index (κ1) is 13.5. The molecular weight excluding hydrogens is 262 g/mol. The van der Waals surface area contributed by atoms with Gasteiger partial charge in [-0.15, -0.1) is 0 Å². The molecule has 0 saturated carbocycles. The Hall–Kier alpha value is -2.49. The summed E-state index contributed by atoms with van der Waals surface area (Å²) in [5, 5.41) is 7.79. The minimum Gasteiger partial charge on any atom is -0.492 e. The van der Waals surface area contributed by atoms with Gasteiger partial charge in [-0.1, -0.05) is 12.1 Å². The van der Waals surface area contributed by atoms with Gasteiger partial charge in [-0.3, -0.25) is 0 Å². The predicted molar refractivity (Wildman–Crippen MR) is 84.9 cm³/mol. The largest absolute Gasteiger partial charge is 0.492 e. The lowest BCUT2D eigenvalue weighted by Crippen LogP contribution is -2.03. The van der Waals surface area contributed by atoms with E-state index in [9.17, 15) is 0 Å². The Morgan fingerprint density at radius 2 is 2.14 bits per heavy atom. The van der Waals surface area contributed by atoms with E-state index in [-0.39, 0.29) is 0 Å². The zero-order valence-corrected chi connectivity index (χ0v) is 12.3. The van der Waals surface area contributed by atoms with Gasteiger partial charge >= 0.3 is 0 Å². The van der Waals surface area contributed by atoms with E-state index in [1.54, 1.807) is 0 Å². The van der Waals surface area contributed by atoms with E-state index in [2.05, 4.69) is 41.6 Å². The SMILES string of the molecule is CCOc1cc(C)ccc1NCc1cnn2ccccc12. The zero-order valence-electron chi connectivity index (χ0n) is 12.3. The van der Waals surface area contributed by atoms with E-state index >= 15 is 0 Å². The Balaban J connectivity index is 1.81. The Morgan fingerprint density at radius 3 is 3.00 bits per heavy atom. The third-order valence-electron chi connectivity index (χ3n) is 3.41. The van der Waals surface area contributed by atoms with Crippen LogP contribution < -0.4 is 10.1 Å². The lowest BCUT2D eigenvalue weighted by molar-refractivity contribution is 0.341. The molecule has 108 valence electrons. The molecule has 1 aromatic carbocycles. The Bertz CT molecular complexity index is 749. The summed E-state index contributed by atoms with van der Waals surface area (Å²) in [5.41, 5.74) is 4.49. The number of nitrogens with one attached hydrogen (secondary N) is 1. The van der Waals surface area contributed by atoms with Crippen LogP contribution in [-0.2, 0) is 6.54 Å². The Morgan fingerprint density at radius 1 is 1.24 bits per heavy atom. The highest BCUT2D eigenvalue weighted by Crippen LogP contribution is 2.26. The lowest BCUT2D eigenvalue weighted by Gasteiger charge is -2.12. The number of rotatable bonds is 5. The highest BCUT2D eigenvalue weighted by Gasteiger charge is 2.06. The molecule has 0 atom stereocenters. The van der Waals surface area contributed by atoms with Gasteiger partial charge in [-0.05, 0) is 43.7 Å². The van der Waals surface area contributed by atoms with E-state index in [0.29, 0.717) is 6.61 Å². The van der Waals surface area contributed by atoms with Crippen LogP contribution in [0.3, 0.4) is 0 Å². The van der Waals surface area contributed by atoms with Crippen LogP contribution >= 0.6 is 0 Å². The topological polar surface area (TPSA) is 38.6 Å². The summed E-state index contributed by atoms with van der Waals surface area (Å²) in [7, 11) is 0. The average Bonchev–Trinajstić information content (AvgIpc) is 2.90. The molecule has 0 aliphatic rings. The number of nitrogens with zero attached hydrogens (tertiary/aromatic N) is 2. The number of ether oxygens (including phenoxy) is 1. The van der Waals surface area contributed by atoms with Crippen LogP contribution in [0.5, 0.6) is 5.75 Å². The number of benzene rings is 1. The molecule has 0 unspecified atom stereocenters. The summed E-state index contributed by atoms with van der Waals surface area (Å²) in [5.74, 6) is 0.897. The van der Waals surface area contributed by atoms with Crippen LogP contribution in [0, 0.1) is 6.92 Å². The van der Waals surface area contributed by atoms with Crippen molar-refractivity contribution < 1.29 is 4.74 Å². The minimum absolute atomic E-state index is 0.662. The highest BCUT2D eigenvalue weighted by atomic mass is 16.5. The van der Waals surface area contributed by atoms with Gasteiger partial charge in [0.2, 0.25) is 0 Å². The molecule has 0 bridgehead atoms. The quantitative estimate of drug-likeness (QED) is 0.775. The summed E-state index contributed by atoms with van der Waals surface area (Å²) in [6.45, 7) is 5.44. The fourth-order valence-electron chi connectivity index (χ4n) is 2.36. The minimum atomic E-state index is 0.662. The van der Waals surface area contributed by atoms with Crippen molar-refractivity contribution in [3.8, 4) is 5.75 Å². The van der Waals surface area contributed by atoms with Gasteiger partial charge in [0, 0.05) is 18.3 Å². The van der Waals surface area contributed by atoms with Crippen LogP contribution in [-0.4, -0.2) is 16.2 Å². The van der Waals surface area contributed by atoms with Crippen molar-refractivity contribution >= 4 is 11.2 Å². The van der Waals surface area contributed by atoms with Crippen molar-refractivity contribution in [3.63, 3.8) is 0 Å². The molecule has 4 nitrogen and oxygen atoms in total. The van der Waals surface area contributed by atoms with Crippen LogP contribution in [0.15, 0.2) is 48.8 Å². The van der Waals surface area contributed by atoms with Gasteiger partial charge in [-0.2, -0.15) is 5.10 Å². The van der Waals surface area contributed by atoms with E-state index in [0.717, 1.165) is 23.5 Å². The van der Waals surface area contributed by atoms with Gasteiger partial charge < -0.3 is 10.1 Å². The molecule has 2 heterocycles. The van der Waals surface area contributed by atoms with Crippen LogP contribution in [0.1, 0.15) is 18.1 Å². The third kappa shape index (κ3) is 2.84. The monoisotopic (exact) mass is 281 g/mol. The van der Waals surface area contributed by atoms with Crippen molar-refractivity contribution in [2.24, 2.45) is 0 Å². The molecule has 4 heteroatoms. The molecule has 0 spiro atoms. The van der Waals surface area contributed by atoms with Gasteiger partial charge in [0.1, 0.15) is 5.75 Å². The molecule has 0 aliphatic carbocycles. The first-order chi connectivity index (χ1) is 10.3. The van der Waals surface area contributed by atoms with Gasteiger partial charge in [0.15, 0.2) is 0 Å². The summed E-state index contributed by atoms with van der Waals surface area (Å²) in [6, 6.07) is 12.3. The van der Waals surface area contributed by atoms with E-state index in [1.165, 1.54) is 11.1 Å². The van der Waals surface area contributed by atoms with E-state index in [1.807, 2.05) is 36.0 Å². The summed E-state index contributed by atoms with van der Waals surface area (Å²) >= 11 is 0. The normalized spacial score (nSPS) is 10.8. The molecule has 21 heavy (non-hydrogen) atoms. The number of pyridine rings is 1. The maximum Gasteiger partial charge on any atom is 0.142 e. The molecule has 0 amide bonds. The second-order valence-electron chi connectivity index (χ2n) is 4.99. The fraction of sp³-hybridized carbons (Fsp3) is 0.235. The van der Waals surface area contributed by atoms with Gasteiger partial charge in [0.05, 0.1) is 24.0 Å². The lowest BCUT2D eigenvalue weighted by atomic mass is 10.2. The highest BCUT2D eigenvalue weighted by molar-refractivity contribution is 5.60. The first-order valence-corrected chi connectivity index (χ1v) is 7.16. The molecular formula is C17H19N3O. The summed E-state index contributed by atoms with van der Waals surface area (Å²) in [4.78, 5) is 0. The number of hydrogen-bond acceptors (Lipinski definition) is 3. The third-order valence-corrected chi connectivity index (χ3v) is 3.41. The van der Waals surface area contributed by atoms with Crippen molar-refractivity contribution in [1.82, 2.24) is 9.61 Å². The molecule has 3 aromatic rings. The van der Waals surface area contributed by atoms with E-state index in [4.69, 9.17) is 4.74 Å². The zero-order chi connectivity index (χ0) is 14.7. The average molecular weight is 281 g/mol. The van der Waals surface area contributed by atoms with Crippen LogP contribution in [0.25, 0.3) is 5.52 Å². The number of aromatic nitrogens is 2.